The molecule has 1 aromatic rings. The number of fused-ring (bicyclic) bond motifs is 1. The zero-order chi connectivity index (χ0) is 19.8. The van der Waals surface area contributed by atoms with E-state index in [2.05, 4.69) is 41.6 Å². The number of ether oxygens (including phenoxy) is 3. The molecule has 6 nitrogen and oxygen atoms in total. The first-order chi connectivity index (χ1) is 13.7. The van der Waals surface area contributed by atoms with Crippen molar-refractivity contribution in [3.8, 4) is 11.5 Å². The first-order valence-electron chi connectivity index (χ1n) is 10.6. The fourth-order valence-electron chi connectivity index (χ4n) is 4.01. The van der Waals surface area contributed by atoms with Gasteiger partial charge in [-0.3, -0.25) is 4.99 Å². The van der Waals surface area contributed by atoms with Crippen molar-refractivity contribution in [1.29, 1.82) is 0 Å². The maximum Gasteiger partial charge on any atom is 0.231 e. The Labute approximate surface area is 192 Å². The number of hydrogen-bond donors (Lipinski definition) is 2. The minimum atomic E-state index is 0. The molecule has 2 N–H and O–H groups in total. The van der Waals surface area contributed by atoms with Crippen LogP contribution in [0.4, 0.5) is 0 Å². The molecule has 0 aliphatic carbocycles. The van der Waals surface area contributed by atoms with Crippen LogP contribution in [0.5, 0.6) is 11.5 Å². The van der Waals surface area contributed by atoms with Crippen molar-refractivity contribution in [1.82, 2.24) is 10.6 Å². The van der Waals surface area contributed by atoms with Crippen molar-refractivity contribution in [2.45, 2.75) is 63.8 Å². The quantitative estimate of drug-likeness (QED) is 0.234. The van der Waals surface area contributed by atoms with Gasteiger partial charge < -0.3 is 24.8 Å². The number of halogens is 1. The number of nitrogens with one attached hydrogen (secondary N) is 2. The van der Waals surface area contributed by atoms with Gasteiger partial charge in [-0.2, -0.15) is 0 Å². The van der Waals surface area contributed by atoms with Crippen molar-refractivity contribution in [2.24, 2.45) is 4.99 Å². The second kappa shape index (κ2) is 11.8. The molecule has 7 heteroatoms. The standard InChI is InChI=1S/C22H35N3O3.HI/c1-4-5-6-7-17(2)25-21(23-3)24-15-22(10-12-26-13-11-22)18-8-9-19-20(14-18)28-16-27-19;/h8-9,14,17H,4-7,10-13,15-16H2,1-3H3,(H2,23,24,25);1H. The van der Waals surface area contributed by atoms with E-state index >= 15 is 0 Å². The second-order valence-electron chi connectivity index (χ2n) is 7.93. The lowest BCUT2D eigenvalue weighted by molar-refractivity contribution is 0.0513. The van der Waals surface area contributed by atoms with Gasteiger partial charge in [-0.05, 0) is 43.9 Å². The fourth-order valence-corrected chi connectivity index (χ4v) is 4.01. The highest BCUT2D eigenvalue weighted by molar-refractivity contribution is 14.0. The summed E-state index contributed by atoms with van der Waals surface area (Å²) < 4.78 is 16.8. The Morgan fingerprint density at radius 1 is 1.17 bits per heavy atom. The van der Waals surface area contributed by atoms with Crippen LogP contribution < -0.4 is 20.1 Å². The van der Waals surface area contributed by atoms with E-state index in [1.165, 1.54) is 24.8 Å². The van der Waals surface area contributed by atoms with Gasteiger partial charge in [-0.15, -0.1) is 24.0 Å². The van der Waals surface area contributed by atoms with Crippen molar-refractivity contribution in [3.63, 3.8) is 0 Å². The van der Waals surface area contributed by atoms with E-state index < -0.39 is 0 Å². The molecule has 0 radical (unpaired) electrons. The minimum absolute atomic E-state index is 0. The molecule has 3 rings (SSSR count). The number of guanidine groups is 1. The Morgan fingerprint density at radius 3 is 2.66 bits per heavy atom. The molecular weight excluding hydrogens is 481 g/mol. The predicted molar refractivity (Wildman–Crippen MR) is 128 cm³/mol. The Balaban J connectivity index is 0.00000300. The average molecular weight is 517 g/mol. The molecule has 0 bridgehead atoms. The van der Waals surface area contributed by atoms with Crippen LogP contribution in [0.1, 0.15) is 57.9 Å². The Bertz CT molecular complexity index is 663. The summed E-state index contributed by atoms with van der Waals surface area (Å²) in [5, 5.41) is 7.12. The van der Waals surface area contributed by atoms with E-state index in [1.54, 1.807) is 0 Å². The molecule has 164 valence electrons. The van der Waals surface area contributed by atoms with Gasteiger partial charge in [0.1, 0.15) is 0 Å². The maximum absolute atomic E-state index is 5.66. The molecule has 1 fully saturated rings. The average Bonchev–Trinajstić information content (AvgIpc) is 3.20. The monoisotopic (exact) mass is 517 g/mol. The Hall–Kier alpha value is -1.22. The van der Waals surface area contributed by atoms with Crippen molar-refractivity contribution < 1.29 is 14.2 Å². The SMILES string of the molecule is CCCCCC(C)NC(=NC)NCC1(c2ccc3c(c2)OCO3)CCOCC1.I. The van der Waals surface area contributed by atoms with Crippen LogP contribution in [0.3, 0.4) is 0 Å². The van der Waals surface area contributed by atoms with Gasteiger partial charge in [0.25, 0.3) is 0 Å². The molecule has 0 amide bonds. The van der Waals surface area contributed by atoms with E-state index in [4.69, 9.17) is 14.2 Å². The second-order valence-corrected chi connectivity index (χ2v) is 7.93. The first-order valence-corrected chi connectivity index (χ1v) is 10.6. The summed E-state index contributed by atoms with van der Waals surface area (Å²) in [6.07, 6.45) is 6.90. The van der Waals surface area contributed by atoms with Crippen LogP contribution in [-0.2, 0) is 10.2 Å². The van der Waals surface area contributed by atoms with E-state index in [-0.39, 0.29) is 29.4 Å². The summed E-state index contributed by atoms with van der Waals surface area (Å²) in [5.74, 6) is 2.54. The number of hydrogen-bond acceptors (Lipinski definition) is 4. The molecule has 0 saturated carbocycles. The molecule has 2 aliphatic rings. The third-order valence-electron chi connectivity index (χ3n) is 5.88. The van der Waals surface area contributed by atoms with Crippen molar-refractivity contribution in [3.05, 3.63) is 23.8 Å². The number of nitrogens with zero attached hydrogens (tertiary/aromatic N) is 1. The number of benzene rings is 1. The van der Waals surface area contributed by atoms with Gasteiger partial charge in [0.2, 0.25) is 6.79 Å². The number of unbranched alkanes of at least 4 members (excludes halogenated alkanes) is 2. The van der Waals surface area contributed by atoms with E-state index in [0.717, 1.165) is 56.5 Å². The lowest BCUT2D eigenvalue weighted by Gasteiger charge is -2.38. The highest BCUT2D eigenvalue weighted by Crippen LogP contribution is 2.40. The van der Waals surface area contributed by atoms with Crippen LogP contribution in [0, 0.1) is 0 Å². The summed E-state index contributed by atoms with van der Waals surface area (Å²) >= 11 is 0. The zero-order valence-electron chi connectivity index (χ0n) is 18.0. The highest BCUT2D eigenvalue weighted by Gasteiger charge is 2.36. The lowest BCUT2D eigenvalue weighted by atomic mass is 9.74. The van der Waals surface area contributed by atoms with E-state index in [0.29, 0.717) is 12.8 Å². The minimum Gasteiger partial charge on any atom is -0.454 e. The first kappa shape index (κ1) is 24.1. The Kier molecular flexibility index (Phi) is 9.82. The molecule has 29 heavy (non-hydrogen) atoms. The van der Waals surface area contributed by atoms with Crippen LogP contribution >= 0.6 is 24.0 Å². The molecular formula is C22H36IN3O3. The topological polar surface area (TPSA) is 64.1 Å². The van der Waals surface area contributed by atoms with Gasteiger partial charge in [-0.25, -0.2) is 0 Å². The lowest BCUT2D eigenvalue weighted by Crippen LogP contribution is -2.49. The van der Waals surface area contributed by atoms with Crippen LogP contribution in [0.2, 0.25) is 0 Å². The summed E-state index contributed by atoms with van der Waals surface area (Å²) in [6, 6.07) is 6.75. The third-order valence-corrected chi connectivity index (χ3v) is 5.88. The Morgan fingerprint density at radius 2 is 1.93 bits per heavy atom. The van der Waals surface area contributed by atoms with Crippen LogP contribution in [-0.4, -0.2) is 45.6 Å². The molecule has 1 unspecified atom stereocenters. The zero-order valence-corrected chi connectivity index (χ0v) is 20.3. The molecule has 1 saturated heterocycles. The van der Waals surface area contributed by atoms with Gasteiger partial charge in [-0.1, -0.05) is 32.3 Å². The van der Waals surface area contributed by atoms with Crippen molar-refractivity contribution >= 4 is 29.9 Å². The summed E-state index contributed by atoms with van der Waals surface area (Å²) in [5.41, 5.74) is 1.28. The largest absolute Gasteiger partial charge is 0.454 e. The van der Waals surface area contributed by atoms with E-state index in [1.807, 2.05) is 13.1 Å². The normalized spacial score (nSPS) is 18.7. The maximum atomic E-state index is 5.66. The van der Waals surface area contributed by atoms with Gasteiger partial charge in [0.05, 0.1) is 0 Å². The molecule has 1 atom stereocenters. The summed E-state index contributed by atoms with van der Waals surface area (Å²) in [4.78, 5) is 4.44. The molecule has 2 aliphatic heterocycles. The smallest absolute Gasteiger partial charge is 0.231 e. The summed E-state index contributed by atoms with van der Waals surface area (Å²) in [7, 11) is 1.84. The van der Waals surface area contributed by atoms with Gasteiger partial charge in [0.15, 0.2) is 17.5 Å². The highest BCUT2D eigenvalue weighted by atomic mass is 127. The molecule has 1 aromatic carbocycles. The molecule has 0 spiro atoms. The third kappa shape index (κ3) is 6.38. The van der Waals surface area contributed by atoms with Crippen molar-refractivity contribution in [2.75, 3.05) is 33.6 Å². The fraction of sp³-hybridized carbons (Fsp3) is 0.682. The number of aliphatic imine (C=N–C) groups is 1. The predicted octanol–water partition coefficient (Wildman–Crippen LogP) is 4.22. The van der Waals surface area contributed by atoms with E-state index in [9.17, 15) is 0 Å². The number of rotatable bonds is 8. The van der Waals surface area contributed by atoms with Crippen LogP contribution in [0.15, 0.2) is 23.2 Å². The van der Waals surface area contributed by atoms with Gasteiger partial charge in [0, 0.05) is 38.3 Å². The van der Waals surface area contributed by atoms with Crippen LogP contribution in [0.25, 0.3) is 0 Å². The summed E-state index contributed by atoms with van der Waals surface area (Å²) in [6.45, 7) is 7.13. The molecule has 0 aromatic heterocycles. The van der Waals surface area contributed by atoms with Gasteiger partial charge >= 0.3 is 0 Å². The molecule has 2 heterocycles.